The van der Waals surface area contributed by atoms with Gasteiger partial charge in [0.15, 0.2) is 0 Å². The van der Waals surface area contributed by atoms with Crippen molar-refractivity contribution >= 4 is 5.97 Å². The fraction of sp³-hybridized carbons (Fsp3) is 0.857. The molecule has 0 saturated heterocycles. The highest BCUT2D eigenvalue weighted by Gasteiger charge is 2.01. The third-order valence-corrected chi connectivity index (χ3v) is 0.979. The first-order valence-corrected chi connectivity index (χ1v) is 3.83. The summed E-state index contributed by atoms with van der Waals surface area (Å²) < 4.78 is 0. The highest BCUT2D eigenvalue weighted by atomic mass is 16.4. The standard InChI is InChI=1S/C4H12N2.C3H6O3/c1-2-3-4(5)6;1-2(4)3(5)6/h4H,2-3,5-6H2,1H3;2,4H,1H3,(H,5,6). The summed E-state index contributed by atoms with van der Waals surface area (Å²) in [6.07, 6.45) is 0.678. The molecule has 0 aliphatic carbocycles. The molecule has 0 aromatic heterocycles. The van der Waals surface area contributed by atoms with Crippen LogP contribution in [0.15, 0.2) is 0 Å². The summed E-state index contributed by atoms with van der Waals surface area (Å²) in [7, 11) is 0. The second kappa shape index (κ2) is 8.45. The number of aliphatic hydroxyl groups excluding tert-OH is 1. The lowest BCUT2D eigenvalue weighted by atomic mass is 10.3. The monoisotopic (exact) mass is 178 g/mol. The first-order valence-electron chi connectivity index (χ1n) is 3.83. The maximum Gasteiger partial charge on any atom is 0.332 e. The zero-order valence-electron chi connectivity index (χ0n) is 7.53. The van der Waals surface area contributed by atoms with Crippen LogP contribution < -0.4 is 11.5 Å². The molecule has 1 unspecified atom stereocenters. The maximum absolute atomic E-state index is 9.45. The Hall–Kier alpha value is -0.650. The van der Waals surface area contributed by atoms with Crippen LogP contribution in [-0.4, -0.2) is 28.5 Å². The number of carboxylic acids is 1. The van der Waals surface area contributed by atoms with Gasteiger partial charge in [0, 0.05) is 0 Å². The average Bonchev–Trinajstić information content (AvgIpc) is 1.87. The molecule has 0 fully saturated rings. The van der Waals surface area contributed by atoms with Gasteiger partial charge in [0.2, 0.25) is 0 Å². The largest absolute Gasteiger partial charge is 0.479 e. The van der Waals surface area contributed by atoms with E-state index in [0.29, 0.717) is 0 Å². The second-order valence-electron chi connectivity index (χ2n) is 2.47. The van der Waals surface area contributed by atoms with Gasteiger partial charge in [-0.15, -0.1) is 0 Å². The molecule has 0 aliphatic heterocycles. The smallest absolute Gasteiger partial charge is 0.332 e. The number of rotatable bonds is 3. The molecule has 0 aromatic carbocycles. The highest BCUT2D eigenvalue weighted by Crippen LogP contribution is 1.83. The molecule has 0 rings (SSSR count). The van der Waals surface area contributed by atoms with Crippen LogP contribution in [0.5, 0.6) is 0 Å². The molecule has 6 N–H and O–H groups in total. The molecule has 0 heterocycles. The minimum Gasteiger partial charge on any atom is -0.479 e. The van der Waals surface area contributed by atoms with Crippen LogP contribution in [-0.2, 0) is 4.79 Å². The average molecular weight is 178 g/mol. The summed E-state index contributed by atoms with van der Waals surface area (Å²) in [6.45, 7) is 3.26. The molecule has 74 valence electrons. The maximum atomic E-state index is 9.45. The molecule has 0 aliphatic rings. The minimum atomic E-state index is -1.23. The van der Waals surface area contributed by atoms with E-state index in [-0.39, 0.29) is 6.17 Å². The fourth-order valence-corrected chi connectivity index (χ4v) is 0.333. The Balaban J connectivity index is 0. The van der Waals surface area contributed by atoms with Crippen molar-refractivity contribution in [2.45, 2.75) is 39.0 Å². The number of hydrogen-bond donors (Lipinski definition) is 4. The van der Waals surface area contributed by atoms with Crippen LogP contribution >= 0.6 is 0 Å². The quantitative estimate of drug-likeness (QED) is 0.435. The summed E-state index contributed by atoms with van der Waals surface area (Å²) in [5, 5.41) is 15.8. The number of aliphatic hydroxyl groups is 1. The third-order valence-electron chi connectivity index (χ3n) is 0.979. The van der Waals surface area contributed by atoms with Crippen LogP contribution in [0.1, 0.15) is 26.7 Å². The lowest BCUT2D eigenvalue weighted by Crippen LogP contribution is -2.29. The van der Waals surface area contributed by atoms with Crippen molar-refractivity contribution in [3.8, 4) is 0 Å². The molecule has 1 atom stereocenters. The van der Waals surface area contributed by atoms with Crippen molar-refractivity contribution in [2.75, 3.05) is 0 Å². The molecule has 0 bridgehead atoms. The van der Waals surface area contributed by atoms with E-state index in [1.807, 2.05) is 0 Å². The summed E-state index contributed by atoms with van der Waals surface area (Å²) >= 11 is 0. The Morgan fingerprint density at radius 1 is 1.50 bits per heavy atom. The first kappa shape index (κ1) is 13.9. The van der Waals surface area contributed by atoms with E-state index in [2.05, 4.69) is 6.92 Å². The van der Waals surface area contributed by atoms with Gasteiger partial charge in [-0.05, 0) is 13.3 Å². The van der Waals surface area contributed by atoms with Crippen LogP contribution in [0.3, 0.4) is 0 Å². The zero-order valence-corrected chi connectivity index (χ0v) is 7.53. The molecule has 0 spiro atoms. The van der Waals surface area contributed by atoms with E-state index in [1.165, 1.54) is 6.92 Å². The van der Waals surface area contributed by atoms with Gasteiger partial charge in [0.25, 0.3) is 0 Å². The van der Waals surface area contributed by atoms with Gasteiger partial charge in [0.05, 0.1) is 6.17 Å². The van der Waals surface area contributed by atoms with Gasteiger partial charge >= 0.3 is 5.97 Å². The Morgan fingerprint density at radius 2 is 1.83 bits per heavy atom. The Bertz CT molecular complexity index is 115. The number of nitrogens with two attached hydrogens (primary N) is 2. The SMILES string of the molecule is CC(O)C(=O)O.CCCC(N)N. The van der Waals surface area contributed by atoms with E-state index >= 15 is 0 Å². The van der Waals surface area contributed by atoms with Gasteiger partial charge < -0.3 is 21.7 Å². The lowest BCUT2D eigenvalue weighted by molar-refractivity contribution is -0.145. The Kier molecular flexibility index (Phi) is 9.79. The third kappa shape index (κ3) is 16.2. The molecular weight excluding hydrogens is 160 g/mol. The van der Waals surface area contributed by atoms with Crippen molar-refractivity contribution in [3.05, 3.63) is 0 Å². The predicted molar refractivity (Wildman–Crippen MR) is 46.4 cm³/mol. The molecule has 0 aromatic rings. The topological polar surface area (TPSA) is 110 Å². The molecule has 5 nitrogen and oxygen atoms in total. The summed E-state index contributed by atoms with van der Waals surface area (Å²) in [4.78, 5) is 9.45. The molecule has 12 heavy (non-hydrogen) atoms. The minimum absolute atomic E-state index is 0.102. The van der Waals surface area contributed by atoms with E-state index < -0.39 is 12.1 Å². The van der Waals surface area contributed by atoms with Crippen molar-refractivity contribution in [3.63, 3.8) is 0 Å². The van der Waals surface area contributed by atoms with Crippen molar-refractivity contribution in [2.24, 2.45) is 11.5 Å². The van der Waals surface area contributed by atoms with Gasteiger partial charge in [-0.3, -0.25) is 0 Å². The van der Waals surface area contributed by atoms with Crippen LogP contribution in [0.2, 0.25) is 0 Å². The van der Waals surface area contributed by atoms with Gasteiger partial charge in [-0.2, -0.15) is 0 Å². The van der Waals surface area contributed by atoms with Crippen LogP contribution in [0.4, 0.5) is 0 Å². The number of carbonyl (C=O) groups is 1. The fourth-order valence-electron chi connectivity index (χ4n) is 0.333. The van der Waals surface area contributed by atoms with E-state index in [1.54, 1.807) is 0 Å². The van der Waals surface area contributed by atoms with Crippen molar-refractivity contribution in [1.82, 2.24) is 0 Å². The number of aliphatic carboxylic acids is 1. The molecule has 0 radical (unpaired) electrons. The molecule has 0 saturated carbocycles. The predicted octanol–water partition coefficient (Wildman–Crippen LogP) is -0.518. The number of hydrogen-bond acceptors (Lipinski definition) is 4. The summed E-state index contributed by atoms with van der Waals surface area (Å²) in [6, 6.07) is 0. The zero-order chi connectivity index (χ0) is 10.1. The first-order chi connectivity index (χ1) is 5.41. The van der Waals surface area contributed by atoms with E-state index in [9.17, 15) is 4.79 Å². The van der Waals surface area contributed by atoms with Crippen molar-refractivity contribution in [1.29, 1.82) is 0 Å². The van der Waals surface area contributed by atoms with Gasteiger partial charge in [0.1, 0.15) is 6.10 Å². The van der Waals surface area contributed by atoms with Crippen LogP contribution in [0.25, 0.3) is 0 Å². The van der Waals surface area contributed by atoms with E-state index in [0.717, 1.165) is 12.8 Å². The molecular formula is C7H18N2O3. The molecule has 0 amide bonds. The van der Waals surface area contributed by atoms with Crippen LogP contribution in [0, 0.1) is 0 Å². The second-order valence-corrected chi connectivity index (χ2v) is 2.47. The van der Waals surface area contributed by atoms with E-state index in [4.69, 9.17) is 21.7 Å². The number of carboxylic acid groups (broad SMARTS) is 1. The highest BCUT2D eigenvalue weighted by molar-refractivity contribution is 5.71. The van der Waals surface area contributed by atoms with Crippen molar-refractivity contribution < 1.29 is 15.0 Å². The molecule has 5 heteroatoms. The Labute approximate surface area is 72.4 Å². The summed E-state index contributed by atoms with van der Waals surface area (Å²) in [5.41, 5.74) is 10.4. The summed E-state index contributed by atoms with van der Waals surface area (Å²) in [5.74, 6) is -1.19. The van der Waals surface area contributed by atoms with Gasteiger partial charge in [-0.1, -0.05) is 13.3 Å². The lowest BCUT2D eigenvalue weighted by Gasteiger charge is -1.97. The van der Waals surface area contributed by atoms with Gasteiger partial charge in [-0.25, -0.2) is 4.79 Å². The normalized spacial score (nSPS) is 11.8. The Morgan fingerprint density at radius 3 is 1.83 bits per heavy atom.